The minimum atomic E-state index is -0.318. The van der Waals surface area contributed by atoms with Crippen molar-refractivity contribution in [3.8, 4) is 0 Å². The fraction of sp³-hybridized carbons (Fsp3) is 1.00. The molecule has 0 radical (unpaired) electrons. The quantitative estimate of drug-likeness (QED) is 0.621. The molecule has 0 aromatic heterocycles. The summed E-state index contributed by atoms with van der Waals surface area (Å²) in [5.41, 5.74) is 0. The van der Waals surface area contributed by atoms with Crippen molar-refractivity contribution in [2.45, 2.75) is 58.2 Å². The van der Waals surface area contributed by atoms with Gasteiger partial charge in [0.1, 0.15) is 0 Å². The van der Waals surface area contributed by atoms with Gasteiger partial charge in [-0.3, -0.25) is 0 Å². The molecule has 0 amide bonds. The molecule has 68 valence electrons. The molecular formula is C9H20O2. The van der Waals surface area contributed by atoms with E-state index in [0.29, 0.717) is 6.42 Å². The monoisotopic (exact) mass is 160 g/mol. The van der Waals surface area contributed by atoms with Gasteiger partial charge in [-0.15, -0.1) is 0 Å². The average molecular weight is 160 g/mol. The van der Waals surface area contributed by atoms with Gasteiger partial charge in [0.05, 0.1) is 12.2 Å². The zero-order valence-electron chi connectivity index (χ0n) is 7.58. The third kappa shape index (κ3) is 6.32. The first kappa shape index (κ1) is 10.9. The summed E-state index contributed by atoms with van der Waals surface area (Å²) >= 11 is 0. The molecule has 2 heteroatoms. The van der Waals surface area contributed by atoms with E-state index in [2.05, 4.69) is 6.92 Å². The molecule has 0 aromatic carbocycles. The van der Waals surface area contributed by atoms with E-state index >= 15 is 0 Å². The van der Waals surface area contributed by atoms with Crippen molar-refractivity contribution in [3.63, 3.8) is 0 Å². The zero-order chi connectivity index (χ0) is 8.69. The van der Waals surface area contributed by atoms with Gasteiger partial charge in [0.2, 0.25) is 0 Å². The summed E-state index contributed by atoms with van der Waals surface area (Å²) in [6.45, 7) is 4.03. The second kappa shape index (κ2) is 6.62. The molecule has 0 aliphatic heterocycles. The molecule has 0 aromatic rings. The van der Waals surface area contributed by atoms with Crippen molar-refractivity contribution in [2.75, 3.05) is 0 Å². The van der Waals surface area contributed by atoms with Gasteiger partial charge in [-0.05, 0) is 19.3 Å². The summed E-state index contributed by atoms with van der Waals surface area (Å²) < 4.78 is 0. The molecule has 11 heavy (non-hydrogen) atoms. The Labute approximate surface area is 69.2 Å². The van der Waals surface area contributed by atoms with Gasteiger partial charge in [-0.25, -0.2) is 0 Å². The Bertz CT molecular complexity index is 83.6. The summed E-state index contributed by atoms with van der Waals surface area (Å²) in [6.07, 6.45) is 3.65. The van der Waals surface area contributed by atoms with Crippen LogP contribution in [-0.4, -0.2) is 22.4 Å². The molecule has 2 nitrogen and oxygen atoms in total. The van der Waals surface area contributed by atoms with E-state index < -0.39 is 0 Å². The Morgan fingerprint density at radius 3 is 2.18 bits per heavy atom. The fourth-order valence-corrected chi connectivity index (χ4v) is 1.04. The molecule has 0 aliphatic carbocycles. The van der Waals surface area contributed by atoms with E-state index in [1.165, 1.54) is 0 Å². The van der Waals surface area contributed by atoms with Gasteiger partial charge in [-0.2, -0.15) is 0 Å². The number of rotatable bonds is 6. The van der Waals surface area contributed by atoms with Gasteiger partial charge in [0.25, 0.3) is 0 Å². The summed E-state index contributed by atoms with van der Waals surface area (Å²) in [7, 11) is 0. The molecule has 0 heterocycles. The Hall–Kier alpha value is -0.0800. The summed E-state index contributed by atoms with van der Waals surface area (Å²) in [6, 6.07) is 0. The van der Waals surface area contributed by atoms with Gasteiger partial charge in [0, 0.05) is 0 Å². The van der Waals surface area contributed by atoms with Crippen LogP contribution in [0.1, 0.15) is 46.0 Å². The first-order valence-corrected chi connectivity index (χ1v) is 4.56. The van der Waals surface area contributed by atoms with Crippen LogP contribution in [0.25, 0.3) is 0 Å². The Kier molecular flexibility index (Phi) is 6.57. The van der Waals surface area contributed by atoms with Gasteiger partial charge in [0.15, 0.2) is 0 Å². The number of unbranched alkanes of at least 4 members (excludes halogenated alkanes) is 1. The second-order valence-corrected chi connectivity index (χ2v) is 3.09. The molecule has 0 aliphatic rings. The number of hydrogen-bond donors (Lipinski definition) is 2. The SMILES string of the molecule is CCCCC(O)CC(O)CC. The van der Waals surface area contributed by atoms with E-state index in [1.54, 1.807) is 0 Å². The summed E-state index contributed by atoms with van der Waals surface area (Å²) in [4.78, 5) is 0. The van der Waals surface area contributed by atoms with Crippen molar-refractivity contribution in [3.05, 3.63) is 0 Å². The highest BCUT2D eigenvalue weighted by atomic mass is 16.3. The summed E-state index contributed by atoms with van der Waals surface area (Å²) in [5.74, 6) is 0. The standard InChI is InChI=1S/C9H20O2/c1-3-5-6-9(11)7-8(10)4-2/h8-11H,3-7H2,1-2H3. The highest BCUT2D eigenvalue weighted by molar-refractivity contribution is 4.61. The predicted octanol–water partition coefficient (Wildman–Crippen LogP) is 1.70. The molecule has 0 fully saturated rings. The van der Waals surface area contributed by atoms with E-state index in [4.69, 9.17) is 5.11 Å². The minimum Gasteiger partial charge on any atom is -0.393 e. The second-order valence-electron chi connectivity index (χ2n) is 3.09. The van der Waals surface area contributed by atoms with Crippen molar-refractivity contribution in [1.29, 1.82) is 0 Å². The highest BCUT2D eigenvalue weighted by Gasteiger charge is 2.08. The van der Waals surface area contributed by atoms with Crippen molar-refractivity contribution in [2.24, 2.45) is 0 Å². The molecule has 2 atom stereocenters. The third-order valence-corrected chi connectivity index (χ3v) is 1.91. The molecule has 0 rings (SSSR count). The lowest BCUT2D eigenvalue weighted by atomic mass is 10.0. The molecule has 0 bridgehead atoms. The smallest absolute Gasteiger partial charge is 0.0564 e. The van der Waals surface area contributed by atoms with Crippen LogP contribution in [0.3, 0.4) is 0 Å². The Morgan fingerprint density at radius 2 is 1.73 bits per heavy atom. The van der Waals surface area contributed by atoms with Crippen LogP contribution >= 0.6 is 0 Å². The van der Waals surface area contributed by atoms with Gasteiger partial charge < -0.3 is 10.2 Å². The third-order valence-electron chi connectivity index (χ3n) is 1.91. The number of aliphatic hydroxyl groups is 2. The lowest BCUT2D eigenvalue weighted by Gasteiger charge is -2.13. The van der Waals surface area contributed by atoms with Crippen LogP contribution in [0.15, 0.2) is 0 Å². The lowest BCUT2D eigenvalue weighted by Crippen LogP contribution is -2.16. The first-order valence-electron chi connectivity index (χ1n) is 4.56. The fourth-order valence-electron chi connectivity index (χ4n) is 1.04. The summed E-state index contributed by atoms with van der Waals surface area (Å²) in [5, 5.41) is 18.5. The molecule has 0 spiro atoms. The van der Waals surface area contributed by atoms with Crippen LogP contribution in [0, 0.1) is 0 Å². The number of hydrogen-bond acceptors (Lipinski definition) is 2. The van der Waals surface area contributed by atoms with Crippen LogP contribution in [0.4, 0.5) is 0 Å². The Balaban J connectivity index is 3.27. The van der Waals surface area contributed by atoms with Crippen LogP contribution < -0.4 is 0 Å². The lowest BCUT2D eigenvalue weighted by molar-refractivity contribution is 0.0725. The van der Waals surface area contributed by atoms with E-state index in [9.17, 15) is 5.11 Å². The van der Waals surface area contributed by atoms with Crippen LogP contribution in [0.5, 0.6) is 0 Å². The van der Waals surface area contributed by atoms with Crippen molar-refractivity contribution in [1.82, 2.24) is 0 Å². The zero-order valence-corrected chi connectivity index (χ0v) is 7.58. The topological polar surface area (TPSA) is 40.5 Å². The molecule has 0 saturated heterocycles. The first-order chi connectivity index (χ1) is 5.20. The molecule has 2 unspecified atom stereocenters. The minimum absolute atomic E-state index is 0.301. The van der Waals surface area contributed by atoms with E-state index in [-0.39, 0.29) is 12.2 Å². The average Bonchev–Trinajstić information content (AvgIpc) is 2.00. The van der Waals surface area contributed by atoms with Gasteiger partial charge in [-0.1, -0.05) is 26.7 Å². The maximum atomic E-state index is 9.32. The highest BCUT2D eigenvalue weighted by Crippen LogP contribution is 2.08. The molecular weight excluding hydrogens is 140 g/mol. The predicted molar refractivity (Wildman–Crippen MR) is 46.4 cm³/mol. The van der Waals surface area contributed by atoms with E-state index in [1.807, 2.05) is 6.92 Å². The van der Waals surface area contributed by atoms with Crippen molar-refractivity contribution < 1.29 is 10.2 Å². The normalized spacial score (nSPS) is 16.4. The maximum Gasteiger partial charge on any atom is 0.0564 e. The molecule has 0 saturated carbocycles. The molecule has 2 N–H and O–H groups in total. The largest absolute Gasteiger partial charge is 0.393 e. The van der Waals surface area contributed by atoms with Crippen LogP contribution in [-0.2, 0) is 0 Å². The maximum absolute atomic E-state index is 9.32. The number of aliphatic hydroxyl groups excluding tert-OH is 2. The van der Waals surface area contributed by atoms with E-state index in [0.717, 1.165) is 25.7 Å². The van der Waals surface area contributed by atoms with Gasteiger partial charge >= 0.3 is 0 Å². The van der Waals surface area contributed by atoms with Crippen LogP contribution in [0.2, 0.25) is 0 Å². The van der Waals surface area contributed by atoms with Crippen molar-refractivity contribution >= 4 is 0 Å². The Morgan fingerprint density at radius 1 is 1.09 bits per heavy atom.